The number of hydrogen-bond donors (Lipinski definition) is 0. The van der Waals surface area contributed by atoms with E-state index in [4.69, 9.17) is 0 Å². The first-order valence-electron chi connectivity index (χ1n) is 6.76. The second-order valence-corrected chi connectivity index (χ2v) is 5.47. The van der Waals surface area contributed by atoms with Crippen molar-refractivity contribution in [3.8, 4) is 0 Å². The van der Waals surface area contributed by atoms with E-state index in [0.29, 0.717) is 0 Å². The molecule has 0 amide bonds. The number of benzene rings is 4. The smallest absolute Gasteiger partial charge is 0.00192 e. The fourth-order valence-corrected chi connectivity index (χ4v) is 3.52. The number of fused-ring (bicyclic) bond motifs is 3. The Morgan fingerprint density at radius 2 is 1.37 bits per heavy atom. The number of hydrogen-bond acceptors (Lipinski definition) is 0. The average Bonchev–Trinajstić information content (AvgIpc) is 2.45. The second-order valence-electron chi connectivity index (χ2n) is 5.47. The van der Waals surface area contributed by atoms with Crippen LogP contribution < -0.4 is 0 Å². The molecule has 0 aromatic heterocycles. The van der Waals surface area contributed by atoms with Crippen LogP contribution in [0.1, 0.15) is 11.1 Å². The summed E-state index contributed by atoms with van der Waals surface area (Å²) in [6, 6.07) is 22.6. The zero-order valence-electron chi connectivity index (χ0n) is 10.5. The molecule has 6 rings (SSSR count). The van der Waals surface area contributed by atoms with Crippen molar-refractivity contribution in [2.24, 2.45) is 0 Å². The minimum Gasteiger partial charge on any atom is -0.0616 e. The van der Waals surface area contributed by atoms with Crippen molar-refractivity contribution in [3.63, 3.8) is 0 Å². The predicted octanol–water partition coefficient (Wildman–Crippen LogP) is 5.05. The molecule has 2 aliphatic rings. The van der Waals surface area contributed by atoms with Crippen LogP contribution >= 0.6 is 0 Å². The molecule has 4 aromatic rings. The van der Waals surface area contributed by atoms with Crippen molar-refractivity contribution in [1.82, 2.24) is 0 Å². The maximum Gasteiger partial charge on any atom is -0.00192 e. The summed E-state index contributed by atoms with van der Waals surface area (Å²) in [5.74, 6) is 0. The standard InChI is InChI=1S/C19H12/c1-2-4-17-15(3-1)14-10-12-5-7-16-13(9-12)6-8-18(17)19(16)11-14/h1-9,11H,10H2. The van der Waals surface area contributed by atoms with Crippen molar-refractivity contribution < 1.29 is 0 Å². The molecular weight excluding hydrogens is 228 g/mol. The average molecular weight is 240 g/mol. The van der Waals surface area contributed by atoms with Crippen molar-refractivity contribution >= 4 is 32.3 Å². The Balaban J connectivity index is 2.23. The minimum absolute atomic E-state index is 1.04. The fraction of sp³-hybridized carbons (Fsp3) is 0.0526. The van der Waals surface area contributed by atoms with Crippen LogP contribution in [0.25, 0.3) is 32.3 Å². The van der Waals surface area contributed by atoms with Crippen LogP contribution in [0.4, 0.5) is 0 Å². The molecular formula is C19H12. The van der Waals surface area contributed by atoms with Crippen LogP contribution in [0.3, 0.4) is 0 Å². The van der Waals surface area contributed by atoms with E-state index < -0.39 is 0 Å². The highest BCUT2D eigenvalue weighted by Crippen LogP contribution is 2.36. The molecule has 0 N–H and O–H groups in total. The van der Waals surface area contributed by atoms with Gasteiger partial charge in [-0.3, -0.25) is 0 Å². The Labute approximate surface area is 111 Å². The molecule has 0 unspecified atom stereocenters. The molecule has 88 valence electrons. The third-order valence-corrected chi connectivity index (χ3v) is 4.40. The van der Waals surface area contributed by atoms with Crippen LogP contribution in [0.5, 0.6) is 0 Å². The Morgan fingerprint density at radius 1 is 0.579 bits per heavy atom. The summed E-state index contributed by atoms with van der Waals surface area (Å²) in [6.07, 6.45) is 1.04. The third kappa shape index (κ3) is 1.14. The van der Waals surface area contributed by atoms with Gasteiger partial charge in [0.05, 0.1) is 0 Å². The van der Waals surface area contributed by atoms with Gasteiger partial charge in [0.15, 0.2) is 0 Å². The van der Waals surface area contributed by atoms with Gasteiger partial charge in [-0.25, -0.2) is 0 Å². The number of rotatable bonds is 0. The molecule has 0 spiro atoms. The van der Waals surface area contributed by atoms with Gasteiger partial charge in [-0.2, -0.15) is 0 Å². The normalized spacial score (nSPS) is 13.1. The van der Waals surface area contributed by atoms with Gasteiger partial charge in [0.25, 0.3) is 0 Å². The Morgan fingerprint density at radius 3 is 2.32 bits per heavy atom. The topological polar surface area (TPSA) is 0 Å². The quantitative estimate of drug-likeness (QED) is 0.332. The molecule has 5 bridgehead atoms. The fourth-order valence-electron chi connectivity index (χ4n) is 3.52. The van der Waals surface area contributed by atoms with Gasteiger partial charge in [-0.1, -0.05) is 54.6 Å². The molecule has 0 saturated carbocycles. The maximum absolute atomic E-state index is 2.40. The molecule has 0 atom stereocenters. The molecule has 0 radical (unpaired) electrons. The van der Waals surface area contributed by atoms with E-state index in [1.165, 1.54) is 43.4 Å². The van der Waals surface area contributed by atoms with Crippen LogP contribution in [0.2, 0.25) is 0 Å². The van der Waals surface area contributed by atoms with Gasteiger partial charge in [-0.15, -0.1) is 0 Å². The highest BCUT2D eigenvalue weighted by Gasteiger charge is 2.12. The molecule has 19 heavy (non-hydrogen) atoms. The van der Waals surface area contributed by atoms with Crippen molar-refractivity contribution in [2.45, 2.75) is 6.42 Å². The molecule has 2 aliphatic carbocycles. The third-order valence-electron chi connectivity index (χ3n) is 4.40. The molecule has 0 heteroatoms. The Kier molecular flexibility index (Phi) is 1.59. The van der Waals surface area contributed by atoms with E-state index in [9.17, 15) is 0 Å². The molecule has 0 fully saturated rings. The summed E-state index contributed by atoms with van der Waals surface area (Å²) in [6.45, 7) is 0. The second kappa shape index (κ2) is 3.16. The predicted molar refractivity (Wildman–Crippen MR) is 81.8 cm³/mol. The molecule has 0 heterocycles. The lowest BCUT2D eigenvalue weighted by atomic mass is 9.88. The van der Waals surface area contributed by atoms with E-state index in [2.05, 4.69) is 60.7 Å². The zero-order valence-corrected chi connectivity index (χ0v) is 10.5. The first-order valence-corrected chi connectivity index (χ1v) is 6.76. The van der Waals surface area contributed by atoms with Crippen LogP contribution in [0, 0.1) is 0 Å². The maximum atomic E-state index is 2.40. The van der Waals surface area contributed by atoms with Gasteiger partial charge in [0.1, 0.15) is 0 Å². The summed E-state index contributed by atoms with van der Waals surface area (Å²) in [5.41, 5.74) is 2.87. The SMILES string of the molecule is c1ccc2c(c1)c1cc3c4ccc(cc4ccc23)C1. The van der Waals surface area contributed by atoms with Crippen molar-refractivity contribution in [1.29, 1.82) is 0 Å². The van der Waals surface area contributed by atoms with E-state index in [1.807, 2.05) is 0 Å². The van der Waals surface area contributed by atoms with E-state index in [1.54, 1.807) is 0 Å². The Bertz CT molecular complexity index is 977. The first kappa shape index (κ1) is 9.57. The lowest BCUT2D eigenvalue weighted by molar-refractivity contribution is 1.22. The largest absolute Gasteiger partial charge is 0.0616 e. The summed E-state index contributed by atoms with van der Waals surface area (Å²) < 4.78 is 0. The lowest BCUT2D eigenvalue weighted by Crippen LogP contribution is -1.95. The van der Waals surface area contributed by atoms with Crippen LogP contribution in [0.15, 0.2) is 60.7 Å². The molecule has 0 aliphatic heterocycles. The summed E-state index contributed by atoms with van der Waals surface area (Å²) in [4.78, 5) is 0. The van der Waals surface area contributed by atoms with E-state index >= 15 is 0 Å². The van der Waals surface area contributed by atoms with Gasteiger partial charge in [-0.05, 0) is 55.9 Å². The van der Waals surface area contributed by atoms with E-state index in [-0.39, 0.29) is 0 Å². The lowest BCUT2D eigenvalue weighted by Gasteiger charge is -2.16. The van der Waals surface area contributed by atoms with Crippen molar-refractivity contribution in [3.05, 3.63) is 71.8 Å². The van der Waals surface area contributed by atoms with Crippen molar-refractivity contribution in [2.75, 3.05) is 0 Å². The van der Waals surface area contributed by atoms with Gasteiger partial charge in [0.2, 0.25) is 0 Å². The Hall–Kier alpha value is -2.34. The van der Waals surface area contributed by atoms with Crippen LogP contribution in [-0.2, 0) is 6.42 Å². The highest BCUT2D eigenvalue weighted by atomic mass is 14.2. The van der Waals surface area contributed by atoms with Crippen LogP contribution in [-0.4, -0.2) is 0 Å². The monoisotopic (exact) mass is 240 g/mol. The highest BCUT2D eigenvalue weighted by molar-refractivity contribution is 6.18. The zero-order chi connectivity index (χ0) is 12.4. The van der Waals surface area contributed by atoms with Gasteiger partial charge in [0, 0.05) is 0 Å². The molecule has 4 aromatic carbocycles. The summed E-state index contributed by atoms with van der Waals surface area (Å²) in [5, 5.41) is 8.31. The summed E-state index contributed by atoms with van der Waals surface area (Å²) >= 11 is 0. The van der Waals surface area contributed by atoms with Gasteiger partial charge < -0.3 is 0 Å². The summed E-state index contributed by atoms with van der Waals surface area (Å²) in [7, 11) is 0. The first-order chi connectivity index (χ1) is 9.40. The minimum atomic E-state index is 1.04. The molecule has 0 nitrogen and oxygen atoms in total. The van der Waals surface area contributed by atoms with Gasteiger partial charge >= 0.3 is 0 Å². The molecule has 0 saturated heterocycles. The van der Waals surface area contributed by atoms with E-state index in [0.717, 1.165) is 6.42 Å².